The van der Waals surface area contributed by atoms with Crippen LogP contribution in [0.1, 0.15) is 6.92 Å². The highest BCUT2D eigenvalue weighted by Gasteiger charge is 2.11. The van der Waals surface area contributed by atoms with Crippen molar-refractivity contribution in [3.05, 3.63) is 0 Å². The molecule has 0 rings (SSSR count). The van der Waals surface area contributed by atoms with Gasteiger partial charge >= 0.3 is 12.1 Å². The number of rotatable bonds is 2. The van der Waals surface area contributed by atoms with Crippen LogP contribution in [-0.2, 0) is 4.79 Å². The van der Waals surface area contributed by atoms with E-state index in [0.717, 1.165) is 0 Å². The minimum atomic E-state index is -0.915. The molecule has 0 aliphatic heterocycles. The Kier molecular flexibility index (Phi) is 4.07. The molecule has 0 aliphatic carbocycles. The van der Waals surface area contributed by atoms with E-state index in [-0.39, 0.29) is 0 Å². The van der Waals surface area contributed by atoms with Crippen molar-refractivity contribution in [2.75, 3.05) is 0 Å². The first-order valence-electron chi connectivity index (χ1n) is 3.34. The average molecular weight is 189 g/mol. The summed E-state index contributed by atoms with van der Waals surface area (Å²) in [7, 11) is 0. The largest absolute Gasteiger partial charge is 0.368 e. The van der Waals surface area contributed by atoms with Gasteiger partial charge in [-0.1, -0.05) is 0 Å². The maximum atomic E-state index is 10.8. The van der Waals surface area contributed by atoms with Crippen LogP contribution in [0.4, 0.5) is 9.59 Å². The van der Waals surface area contributed by atoms with Crippen molar-refractivity contribution in [2.45, 2.75) is 13.0 Å². The van der Waals surface area contributed by atoms with Crippen molar-refractivity contribution in [3.63, 3.8) is 0 Å². The van der Waals surface area contributed by atoms with Gasteiger partial charge in [-0.25, -0.2) is 20.4 Å². The second-order valence-corrected chi connectivity index (χ2v) is 2.21. The second kappa shape index (κ2) is 4.80. The van der Waals surface area contributed by atoms with E-state index in [4.69, 9.17) is 5.73 Å². The Hall–Kier alpha value is -1.99. The summed E-state index contributed by atoms with van der Waals surface area (Å²) < 4.78 is 0. The first-order chi connectivity index (χ1) is 5.93. The Morgan fingerprint density at radius 2 is 1.69 bits per heavy atom. The van der Waals surface area contributed by atoms with Crippen LogP contribution < -0.4 is 27.6 Å². The molecule has 0 saturated carbocycles. The van der Waals surface area contributed by atoms with E-state index in [9.17, 15) is 14.4 Å². The lowest BCUT2D eigenvalue weighted by Crippen LogP contribution is -2.53. The molecule has 0 heterocycles. The van der Waals surface area contributed by atoms with Crippen LogP contribution in [0.2, 0.25) is 0 Å². The Labute approximate surface area is 74.0 Å². The van der Waals surface area contributed by atoms with Crippen LogP contribution in [0, 0.1) is 0 Å². The minimum Gasteiger partial charge on any atom is -0.368 e. The molecule has 0 saturated heterocycles. The molecule has 0 aromatic heterocycles. The molecule has 8 nitrogen and oxygen atoms in total. The third kappa shape index (κ3) is 5.30. The van der Waals surface area contributed by atoms with Crippen LogP contribution in [0.5, 0.6) is 0 Å². The lowest BCUT2D eigenvalue weighted by Gasteiger charge is -2.10. The summed E-state index contributed by atoms with van der Waals surface area (Å²) >= 11 is 0. The number of hydrazine groups is 1. The number of hydrogen-bond acceptors (Lipinski definition) is 3. The molecule has 13 heavy (non-hydrogen) atoms. The Balaban J connectivity index is 3.74. The van der Waals surface area contributed by atoms with Crippen LogP contribution in [-0.4, -0.2) is 24.0 Å². The molecule has 0 aliphatic rings. The van der Waals surface area contributed by atoms with E-state index < -0.39 is 24.0 Å². The fraction of sp³-hybridized carbons (Fsp3) is 0.400. The fourth-order valence-electron chi connectivity index (χ4n) is 0.422. The van der Waals surface area contributed by atoms with Gasteiger partial charge in [0.05, 0.1) is 0 Å². The van der Waals surface area contributed by atoms with Crippen molar-refractivity contribution in [3.8, 4) is 0 Å². The topological polar surface area (TPSA) is 139 Å². The third-order valence-corrected chi connectivity index (χ3v) is 1.07. The number of hydrogen-bond donors (Lipinski definition) is 5. The van der Waals surface area contributed by atoms with Gasteiger partial charge in [0.15, 0.2) is 0 Å². The van der Waals surface area contributed by atoms with Gasteiger partial charge in [-0.05, 0) is 6.92 Å². The van der Waals surface area contributed by atoms with E-state index in [1.165, 1.54) is 6.92 Å². The molecule has 0 aromatic carbocycles. The van der Waals surface area contributed by atoms with Crippen molar-refractivity contribution >= 4 is 18.0 Å². The summed E-state index contributed by atoms with van der Waals surface area (Å²) in [5.74, 6) is -0.686. The number of nitrogens with two attached hydrogens (primary N) is 2. The quantitative estimate of drug-likeness (QED) is 0.313. The van der Waals surface area contributed by atoms with Gasteiger partial charge in [-0.3, -0.25) is 4.79 Å². The van der Waals surface area contributed by atoms with Crippen molar-refractivity contribution in [1.29, 1.82) is 0 Å². The summed E-state index contributed by atoms with van der Waals surface area (Å²) in [6.07, 6.45) is 0. The second-order valence-electron chi connectivity index (χ2n) is 2.21. The Bertz CT molecular complexity index is 228. The van der Waals surface area contributed by atoms with E-state index in [1.54, 1.807) is 0 Å². The van der Waals surface area contributed by atoms with E-state index in [2.05, 4.69) is 11.1 Å². The molecule has 0 bridgehead atoms. The van der Waals surface area contributed by atoms with Gasteiger partial charge < -0.3 is 16.8 Å². The summed E-state index contributed by atoms with van der Waals surface area (Å²) in [6.45, 7) is 1.40. The van der Waals surface area contributed by atoms with E-state index >= 15 is 0 Å². The molecule has 74 valence electrons. The maximum absolute atomic E-state index is 10.8. The van der Waals surface area contributed by atoms with Crippen molar-refractivity contribution in [1.82, 2.24) is 16.2 Å². The lowest BCUT2D eigenvalue weighted by molar-refractivity contribution is -0.119. The highest BCUT2D eigenvalue weighted by atomic mass is 16.2. The summed E-state index contributed by atoms with van der Waals surface area (Å²) in [6, 6.07) is -2.51. The number of urea groups is 2. The Morgan fingerprint density at radius 1 is 1.15 bits per heavy atom. The number of nitrogens with one attached hydrogen (secondary N) is 3. The van der Waals surface area contributed by atoms with Crippen LogP contribution >= 0.6 is 0 Å². The smallest absolute Gasteiger partial charge is 0.334 e. The minimum absolute atomic E-state index is 0.686. The van der Waals surface area contributed by atoms with Gasteiger partial charge in [0.25, 0.3) is 0 Å². The molecule has 1 atom stereocenters. The zero-order valence-corrected chi connectivity index (χ0v) is 6.96. The fourth-order valence-corrected chi connectivity index (χ4v) is 0.422. The Morgan fingerprint density at radius 3 is 2.08 bits per heavy atom. The molecule has 0 spiro atoms. The zero-order valence-electron chi connectivity index (χ0n) is 6.96. The van der Waals surface area contributed by atoms with Crippen LogP contribution in [0.3, 0.4) is 0 Å². The van der Waals surface area contributed by atoms with Gasteiger partial charge in [-0.15, -0.1) is 0 Å². The summed E-state index contributed by atoms with van der Waals surface area (Å²) in [5.41, 5.74) is 13.2. The van der Waals surface area contributed by atoms with Crippen LogP contribution in [0.25, 0.3) is 0 Å². The van der Waals surface area contributed by atoms with Gasteiger partial charge in [0, 0.05) is 0 Å². The van der Waals surface area contributed by atoms with Gasteiger partial charge in [0.2, 0.25) is 5.91 Å². The third-order valence-electron chi connectivity index (χ3n) is 1.07. The average Bonchev–Trinajstić information content (AvgIpc) is 2.00. The maximum Gasteiger partial charge on any atom is 0.334 e. The molecule has 0 fully saturated rings. The van der Waals surface area contributed by atoms with Gasteiger partial charge in [-0.2, -0.15) is 0 Å². The van der Waals surface area contributed by atoms with Crippen molar-refractivity contribution < 1.29 is 14.4 Å². The summed E-state index contributed by atoms with van der Waals surface area (Å²) in [5, 5.41) is 2.14. The number of carbonyl (C=O) groups is 3. The first-order valence-corrected chi connectivity index (χ1v) is 3.34. The lowest BCUT2D eigenvalue weighted by atomic mass is 10.3. The zero-order chi connectivity index (χ0) is 10.4. The van der Waals surface area contributed by atoms with E-state index in [1.807, 2.05) is 10.9 Å². The van der Waals surface area contributed by atoms with Crippen LogP contribution in [0.15, 0.2) is 0 Å². The molecular weight excluding hydrogens is 178 g/mol. The monoisotopic (exact) mass is 189 g/mol. The van der Waals surface area contributed by atoms with Gasteiger partial charge in [0.1, 0.15) is 6.04 Å². The molecule has 0 radical (unpaired) electrons. The standard InChI is InChI=1S/C5H11N5O3/c1-2(3(6)11)8-5(13)10-9-4(7)12/h2H,1H3,(H2,6,11)(H3,7,9,12)(H2,8,10,13)/t2-/m1/s1. The highest BCUT2D eigenvalue weighted by Crippen LogP contribution is 1.76. The summed E-state index contributed by atoms with van der Waals surface area (Å²) in [4.78, 5) is 31.3. The predicted octanol–water partition coefficient (Wildman–Crippen LogP) is -2.26. The van der Waals surface area contributed by atoms with Crippen molar-refractivity contribution in [2.24, 2.45) is 11.5 Å². The molecule has 7 N–H and O–H groups in total. The van der Waals surface area contributed by atoms with E-state index in [0.29, 0.717) is 0 Å². The first kappa shape index (κ1) is 11.0. The normalized spacial score (nSPS) is 11.2. The SMILES string of the molecule is C[C@@H](NC(=O)NNC(N)=O)C(N)=O. The highest BCUT2D eigenvalue weighted by molar-refractivity contribution is 5.86. The molecule has 0 aromatic rings. The number of primary amides is 2. The number of amides is 5. The molecular formula is C5H11N5O3. The molecule has 0 unspecified atom stereocenters. The predicted molar refractivity (Wildman–Crippen MR) is 43.0 cm³/mol. The number of carbonyl (C=O) groups excluding carboxylic acids is 3. The molecule has 5 amide bonds. The molecule has 8 heteroatoms.